The van der Waals surface area contributed by atoms with E-state index in [2.05, 4.69) is 9.97 Å². The van der Waals surface area contributed by atoms with Gasteiger partial charge >= 0.3 is 0 Å². The number of amides is 1. The van der Waals surface area contributed by atoms with Crippen LogP contribution in [0, 0.1) is 0 Å². The maximum atomic E-state index is 11.6. The van der Waals surface area contributed by atoms with Crippen molar-refractivity contribution in [2.24, 2.45) is 0 Å². The van der Waals surface area contributed by atoms with Crippen molar-refractivity contribution >= 4 is 29.1 Å². The summed E-state index contributed by atoms with van der Waals surface area (Å²) < 4.78 is 0. The van der Waals surface area contributed by atoms with Gasteiger partial charge in [-0.15, -0.1) is 0 Å². The Kier molecular flexibility index (Phi) is 3.30. The van der Waals surface area contributed by atoms with E-state index in [1.165, 1.54) is 0 Å². The highest BCUT2D eigenvalue weighted by molar-refractivity contribution is 6.31. The molecule has 1 aromatic rings. The normalized spacial score (nSPS) is 21.3. The summed E-state index contributed by atoms with van der Waals surface area (Å²) in [5.74, 6) is 0.226. The fourth-order valence-corrected chi connectivity index (χ4v) is 2.23. The van der Waals surface area contributed by atoms with Crippen LogP contribution >= 0.6 is 23.2 Å². The van der Waals surface area contributed by atoms with Gasteiger partial charge in [-0.05, 0) is 24.1 Å². The van der Waals surface area contributed by atoms with Gasteiger partial charge in [0.2, 0.25) is 11.2 Å². The summed E-state index contributed by atoms with van der Waals surface area (Å²) in [5.41, 5.74) is 0.756. The molecule has 0 spiro atoms. The zero-order valence-electron chi connectivity index (χ0n) is 8.78. The molecular formula is C10H11Cl2N3O. The van der Waals surface area contributed by atoms with Crippen LogP contribution in [0.3, 0.4) is 0 Å². The molecule has 0 aromatic carbocycles. The number of nitrogens with zero attached hydrogens (tertiary/aromatic N) is 3. The lowest BCUT2D eigenvalue weighted by atomic mass is 9.93. The second kappa shape index (κ2) is 4.55. The van der Waals surface area contributed by atoms with E-state index in [9.17, 15) is 4.79 Å². The van der Waals surface area contributed by atoms with E-state index < -0.39 is 0 Å². The number of carbonyl (C=O) groups is 1. The Hall–Kier alpha value is -0.870. The number of rotatable bonds is 1. The molecule has 1 amide bonds. The molecule has 0 bridgehead atoms. The summed E-state index contributed by atoms with van der Waals surface area (Å²) in [6.07, 6.45) is 1.34. The second-order valence-corrected chi connectivity index (χ2v) is 4.61. The minimum Gasteiger partial charge on any atom is -0.346 e. The summed E-state index contributed by atoms with van der Waals surface area (Å²) in [6, 6.07) is 1.68. The van der Waals surface area contributed by atoms with Crippen molar-refractivity contribution in [1.29, 1.82) is 0 Å². The fourth-order valence-electron chi connectivity index (χ4n) is 1.81. The Bertz CT molecular complexity index is 404. The molecule has 86 valence electrons. The van der Waals surface area contributed by atoms with Gasteiger partial charge in [-0.1, -0.05) is 11.6 Å². The average Bonchev–Trinajstić information content (AvgIpc) is 2.20. The zero-order valence-corrected chi connectivity index (χ0v) is 10.3. The van der Waals surface area contributed by atoms with Crippen molar-refractivity contribution in [3.05, 3.63) is 22.2 Å². The maximum absolute atomic E-state index is 11.6. The van der Waals surface area contributed by atoms with E-state index in [-0.39, 0.29) is 17.1 Å². The van der Waals surface area contributed by atoms with Crippen molar-refractivity contribution in [2.45, 2.75) is 18.8 Å². The molecule has 4 nitrogen and oxygen atoms in total. The van der Waals surface area contributed by atoms with Crippen LogP contribution in [0.2, 0.25) is 10.4 Å². The predicted molar refractivity (Wildman–Crippen MR) is 61.7 cm³/mol. The van der Waals surface area contributed by atoms with Crippen molar-refractivity contribution in [2.75, 3.05) is 13.6 Å². The highest BCUT2D eigenvalue weighted by Gasteiger charge is 2.25. The first-order chi connectivity index (χ1) is 7.56. The Labute approximate surface area is 104 Å². The first-order valence-corrected chi connectivity index (χ1v) is 5.76. The monoisotopic (exact) mass is 259 g/mol. The minimum atomic E-state index is 0.0988. The summed E-state index contributed by atoms with van der Waals surface area (Å²) in [4.78, 5) is 21.2. The number of halogens is 2. The quantitative estimate of drug-likeness (QED) is 0.574. The summed E-state index contributed by atoms with van der Waals surface area (Å²) in [5, 5.41) is 0.454. The van der Waals surface area contributed by atoms with E-state index in [1.807, 2.05) is 0 Å². The van der Waals surface area contributed by atoms with E-state index >= 15 is 0 Å². The zero-order chi connectivity index (χ0) is 11.7. The van der Waals surface area contributed by atoms with Gasteiger partial charge in [0, 0.05) is 25.9 Å². The fraction of sp³-hybridized carbons (Fsp3) is 0.500. The van der Waals surface area contributed by atoms with Gasteiger partial charge in [0.05, 0.1) is 5.69 Å². The molecular weight excluding hydrogens is 249 g/mol. The first-order valence-electron chi connectivity index (χ1n) is 5.00. The lowest BCUT2D eigenvalue weighted by molar-refractivity contribution is -0.132. The largest absolute Gasteiger partial charge is 0.346 e. The number of piperidine rings is 1. The van der Waals surface area contributed by atoms with Crippen molar-refractivity contribution in [3.8, 4) is 0 Å². The first kappa shape index (κ1) is 11.6. The standard InChI is InChI=1S/C10H11Cl2N3O/c1-15-3-2-6(4-9(15)16)7-5-8(11)14-10(12)13-7/h5-6H,2-4H2,1H3/t6-/m0/s1. The van der Waals surface area contributed by atoms with Crippen molar-refractivity contribution < 1.29 is 4.79 Å². The predicted octanol–water partition coefficient (Wildman–Crippen LogP) is 2.12. The topological polar surface area (TPSA) is 46.1 Å². The molecule has 1 fully saturated rings. The molecule has 0 saturated carbocycles. The third-order valence-electron chi connectivity index (χ3n) is 2.77. The third-order valence-corrected chi connectivity index (χ3v) is 3.13. The molecule has 0 aliphatic carbocycles. The molecule has 0 unspecified atom stereocenters. The van der Waals surface area contributed by atoms with Crippen molar-refractivity contribution in [3.63, 3.8) is 0 Å². The van der Waals surface area contributed by atoms with Gasteiger partial charge in [0.25, 0.3) is 0 Å². The summed E-state index contributed by atoms with van der Waals surface area (Å²) in [6.45, 7) is 0.739. The van der Waals surface area contributed by atoms with Crippen LogP contribution in [0.5, 0.6) is 0 Å². The smallest absolute Gasteiger partial charge is 0.224 e. The molecule has 1 saturated heterocycles. The molecule has 6 heteroatoms. The lowest BCUT2D eigenvalue weighted by Gasteiger charge is -2.28. The van der Waals surface area contributed by atoms with E-state index in [1.54, 1.807) is 18.0 Å². The molecule has 2 heterocycles. The van der Waals surface area contributed by atoms with Crippen LogP contribution in [-0.4, -0.2) is 34.4 Å². The third kappa shape index (κ3) is 2.44. The van der Waals surface area contributed by atoms with E-state index in [4.69, 9.17) is 23.2 Å². The number of carbonyl (C=O) groups excluding carboxylic acids is 1. The van der Waals surface area contributed by atoms with E-state index in [0.717, 1.165) is 18.7 Å². The van der Waals surface area contributed by atoms with Gasteiger partial charge in [-0.25, -0.2) is 9.97 Å². The van der Waals surface area contributed by atoms with Gasteiger partial charge in [-0.3, -0.25) is 4.79 Å². The van der Waals surface area contributed by atoms with Gasteiger partial charge in [0.15, 0.2) is 0 Å². The maximum Gasteiger partial charge on any atom is 0.224 e. The SMILES string of the molecule is CN1CC[C@H](c2cc(Cl)nc(Cl)n2)CC1=O. The number of likely N-dealkylation sites (tertiary alicyclic amines) is 1. The number of hydrogen-bond acceptors (Lipinski definition) is 3. The Morgan fingerprint density at radius 3 is 2.81 bits per heavy atom. The highest BCUT2D eigenvalue weighted by Crippen LogP contribution is 2.28. The second-order valence-electron chi connectivity index (χ2n) is 3.89. The molecule has 16 heavy (non-hydrogen) atoms. The summed E-state index contributed by atoms with van der Waals surface area (Å²) >= 11 is 11.5. The highest BCUT2D eigenvalue weighted by atomic mass is 35.5. The van der Waals surface area contributed by atoms with Gasteiger partial charge in [-0.2, -0.15) is 0 Å². The molecule has 1 aliphatic rings. The Balaban J connectivity index is 2.21. The van der Waals surface area contributed by atoms with Gasteiger partial charge in [0.1, 0.15) is 5.15 Å². The molecule has 1 atom stereocenters. The minimum absolute atomic E-state index is 0.0988. The van der Waals surface area contributed by atoms with Crippen LogP contribution < -0.4 is 0 Å². The van der Waals surface area contributed by atoms with Crippen LogP contribution in [0.15, 0.2) is 6.07 Å². The van der Waals surface area contributed by atoms with Crippen LogP contribution in [0.4, 0.5) is 0 Å². The summed E-state index contributed by atoms with van der Waals surface area (Å²) in [7, 11) is 1.80. The molecule has 0 radical (unpaired) electrons. The van der Waals surface area contributed by atoms with Gasteiger partial charge < -0.3 is 4.90 Å². The molecule has 1 aromatic heterocycles. The molecule has 2 rings (SSSR count). The van der Waals surface area contributed by atoms with E-state index in [0.29, 0.717) is 11.6 Å². The molecule has 0 N–H and O–H groups in total. The molecule has 1 aliphatic heterocycles. The van der Waals surface area contributed by atoms with Crippen LogP contribution in [0.1, 0.15) is 24.5 Å². The van der Waals surface area contributed by atoms with Crippen molar-refractivity contribution in [1.82, 2.24) is 14.9 Å². The average molecular weight is 260 g/mol. The Morgan fingerprint density at radius 1 is 1.44 bits per heavy atom. The number of aromatic nitrogens is 2. The van der Waals surface area contributed by atoms with Crippen LogP contribution in [-0.2, 0) is 4.79 Å². The number of hydrogen-bond donors (Lipinski definition) is 0. The van der Waals surface area contributed by atoms with Crippen LogP contribution in [0.25, 0.3) is 0 Å². The lowest BCUT2D eigenvalue weighted by Crippen LogP contribution is -2.35. The Morgan fingerprint density at radius 2 is 2.19 bits per heavy atom.